The molecule has 0 N–H and O–H groups in total. The van der Waals surface area contributed by atoms with Gasteiger partial charge in [-0.1, -0.05) is 28.1 Å². The maximum absolute atomic E-state index is 11.2. The van der Waals surface area contributed by atoms with Gasteiger partial charge in [0, 0.05) is 16.3 Å². The Hall–Kier alpha value is -1.20. The number of nitrogens with zero attached hydrogens (tertiary/aromatic N) is 1. The highest BCUT2D eigenvalue weighted by Gasteiger charge is 2.10. The fraction of sp³-hybridized carbons (Fsp3) is 0.167. The molecule has 88 valence electrons. The number of carbonyl (C=O) groups excluding carboxylic acids is 1. The SMILES string of the molecule is COC(=O)c1csc(Cc2ccc(Br)cc2)n1. The Bertz CT molecular complexity index is 522. The number of ether oxygens (including phenoxy) is 1. The van der Waals surface area contributed by atoms with E-state index < -0.39 is 0 Å². The van der Waals surface area contributed by atoms with E-state index in [1.165, 1.54) is 24.0 Å². The minimum atomic E-state index is -0.386. The molecule has 0 radical (unpaired) electrons. The highest BCUT2D eigenvalue weighted by Crippen LogP contribution is 2.17. The van der Waals surface area contributed by atoms with Crippen LogP contribution in [0.25, 0.3) is 0 Å². The van der Waals surface area contributed by atoms with Crippen molar-refractivity contribution in [3.05, 3.63) is 50.4 Å². The molecule has 0 amide bonds. The molecule has 1 aromatic heterocycles. The number of esters is 1. The lowest BCUT2D eigenvalue weighted by Crippen LogP contribution is -2.01. The van der Waals surface area contributed by atoms with Gasteiger partial charge in [0.25, 0.3) is 0 Å². The number of hydrogen-bond acceptors (Lipinski definition) is 4. The van der Waals surface area contributed by atoms with Crippen LogP contribution >= 0.6 is 27.3 Å². The number of aromatic nitrogens is 1. The van der Waals surface area contributed by atoms with Crippen LogP contribution in [-0.4, -0.2) is 18.1 Å². The van der Waals surface area contributed by atoms with Crippen molar-refractivity contribution in [2.45, 2.75) is 6.42 Å². The fourth-order valence-corrected chi connectivity index (χ4v) is 2.43. The Balaban J connectivity index is 2.11. The molecule has 0 saturated carbocycles. The van der Waals surface area contributed by atoms with E-state index in [9.17, 15) is 4.79 Å². The Morgan fingerprint density at radius 1 is 1.41 bits per heavy atom. The summed E-state index contributed by atoms with van der Waals surface area (Å²) in [7, 11) is 1.36. The first-order valence-corrected chi connectivity index (χ1v) is 6.63. The van der Waals surface area contributed by atoms with Crippen LogP contribution in [0.3, 0.4) is 0 Å². The Labute approximate surface area is 112 Å². The lowest BCUT2D eigenvalue weighted by molar-refractivity contribution is 0.0594. The molecule has 1 heterocycles. The summed E-state index contributed by atoms with van der Waals surface area (Å²) >= 11 is 4.86. The van der Waals surface area contributed by atoms with Crippen molar-refractivity contribution in [3.8, 4) is 0 Å². The number of halogens is 1. The maximum Gasteiger partial charge on any atom is 0.357 e. The Kier molecular flexibility index (Phi) is 3.91. The molecule has 1 aromatic carbocycles. The molecule has 0 atom stereocenters. The van der Waals surface area contributed by atoms with Gasteiger partial charge in [-0.3, -0.25) is 0 Å². The first-order valence-electron chi connectivity index (χ1n) is 4.96. The third-order valence-electron chi connectivity index (χ3n) is 2.21. The van der Waals surface area contributed by atoms with E-state index in [2.05, 4.69) is 25.7 Å². The second-order valence-corrected chi connectivity index (χ2v) is 5.28. The van der Waals surface area contributed by atoms with E-state index in [0.29, 0.717) is 5.69 Å². The van der Waals surface area contributed by atoms with Crippen LogP contribution in [-0.2, 0) is 11.2 Å². The van der Waals surface area contributed by atoms with E-state index in [4.69, 9.17) is 0 Å². The Morgan fingerprint density at radius 2 is 2.12 bits per heavy atom. The number of benzene rings is 1. The van der Waals surface area contributed by atoms with Gasteiger partial charge in [0.15, 0.2) is 5.69 Å². The summed E-state index contributed by atoms with van der Waals surface area (Å²) in [5.41, 5.74) is 1.54. The standard InChI is InChI=1S/C12H10BrNO2S/c1-16-12(15)10-7-17-11(14-10)6-8-2-4-9(13)5-3-8/h2-5,7H,6H2,1H3. The van der Waals surface area contributed by atoms with Gasteiger partial charge >= 0.3 is 5.97 Å². The predicted molar refractivity (Wildman–Crippen MR) is 70.4 cm³/mol. The summed E-state index contributed by atoms with van der Waals surface area (Å²) in [6.45, 7) is 0. The molecule has 0 aliphatic carbocycles. The van der Waals surface area contributed by atoms with Crippen LogP contribution in [0.4, 0.5) is 0 Å². The van der Waals surface area contributed by atoms with Gasteiger partial charge in [-0.2, -0.15) is 0 Å². The normalized spacial score (nSPS) is 10.2. The topological polar surface area (TPSA) is 39.2 Å². The van der Waals surface area contributed by atoms with Crippen molar-refractivity contribution in [1.29, 1.82) is 0 Å². The average molecular weight is 312 g/mol. The molecule has 3 nitrogen and oxygen atoms in total. The number of carbonyl (C=O) groups is 1. The molecule has 0 saturated heterocycles. The molecule has 0 fully saturated rings. The molecular formula is C12H10BrNO2S. The van der Waals surface area contributed by atoms with Gasteiger partial charge in [-0.05, 0) is 17.7 Å². The molecule has 0 aliphatic rings. The van der Waals surface area contributed by atoms with Crippen molar-refractivity contribution < 1.29 is 9.53 Å². The van der Waals surface area contributed by atoms with Crippen molar-refractivity contribution in [2.24, 2.45) is 0 Å². The number of hydrogen-bond donors (Lipinski definition) is 0. The van der Waals surface area contributed by atoms with Gasteiger partial charge < -0.3 is 4.74 Å². The summed E-state index contributed by atoms with van der Waals surface area (Å²) in [5, 5.41) is 2.63. The highest BCUT2D eigenvalue weighted by atomic mass is 79.9. The van der Waals surface area contributed by atoms with Gasteiger partial charge in [-0.15, -0.1) is 11.3 Å². The second-order valence-electron chi connectivity index (χ2n) is 3.42. The monoisotopic (exact) mass is 311 g/mol. The zero-order valence-electron chi connectivity index (χ0n) is 9.14. The summed E-state index contributed by atoms with van der Waals surface area (Å²) in [4.78, 5) is 15.5. The largest absolute Gasteiger partial charge is 0.464 e. The Morgan fingerprint density at radius 3 is 2.76 bits per heavy atom. The highest BCUT2D eigenvalue weighted by molar-refractivity contribution is 9.10. The number of thiazole rings is 1. The lowest BCUT2D eigenvalue weighted by Gasteiger charge is -1.97. The first kappa shape index (κ1) is 12.3. The van der Waals surface area contributed by atoms with Gasteiger partial charge in [0.2, 0.25) is 0 Å². The molecular weight excluding hydrogens is 302 g/mol. The van der Waals surface area contributed by atoms with E-state index in [1.807, 2.05) is 24.3 Å². The summed E-state index contributed by atoms with van der Waals surface area (Å²) in [6, 6.07) is 8.04. The minimum absolute atomic E-state index is 0.379. The third kappa shape index (κ3) is 3.14. The van der Waals surface area contributed by atoms with Crippen LogP contribution < -0.4 is 0 Å². The summed E-state index contributed by atoms with van der Waals surface area (Å²) in [6.07, 6.45) is 0.731. The predicted octanol–water partition coefficient (Wildman–Crippen LogP) is 3.28. The van der Waals surface area contributed by atoms with E-state index in [1.54, 1.807) is 5.38 Å². The smallest absolute Gasteiger partial charge is 0.357 e. The quantitative estimate of drug-likeness (QED) is 0.817. The molecule has 5 heteroatoms. The molecule has 17 heavy (non-hydrogen) atoms. The van der Waals surface area contributed by atoms with Crippen molar-refractivity contribution in [2.75, 3.05) is 7.11 Å². The minimum Gasteiger partial charge on any atom is -0.464 e. The van der Waals surface area contributed by atoms with Crippen LogP contribution in [0, 0.1) is 0 Å². The van der Waals surface area contributed by atoms with Crippen LogP contribution in [0.5, 0.6) is 0 Å². The van der Waals surface area contributed by atoms with Gasteiger partial charge in [-0.25, -0.2) is 9.78 Å². The van der Waals surface area contributed by atoms with E-state index >= 15 is 0 Å². The number of rotatable bonds is 3. The molecule has 2 aromatic rings. The molecule has 0 aliphatic heterocycles. The van der Waals surface area contributed by atoms with Gasteiger partial charge in [0.1, 0.15) is 0 Å². The van der Waals surface area contributed by atoms with Crippen molar-refractivity contribution in [1.82, 2.24) is 4.98 Å². The van der Waals surface area contributed by atoms with Crippen molar-refractivity contribution in [3.63, 3.8) is 0 Å². The average Bonchev–Trinajstić information content (AvgIpc) is 2.80. The first-order chi connectivity index (χ1) is 8.19. The molecule has 2 rings (SSSR count). The molecule has 0 bridgehead atoms. The molecule has 0 unspecified atom stereocenters. The maximum atomic E-state index is 11.2. The lowest BCUT2D eigenvalue weighted by atomic mass is 10.2. The van der Waals surface area contributed by atoms with Crippen LogP contribution in [0.2, 0.25) is 0 Å². The second kappa shape index (κ2) is 5.42. The number of methoxy groups -OCH3 is 1. The summed E-state index contributed by atoms with van der Waals surface area (Å²) < 4.78 is 5.67. The van der Waals surface area contributed by atoms with Crippen molar-refractivity contribution >= 4 is 33.2 Å². The zero-order chi connectivity index (χ0) is 12.3. The fourth-order valence-electron chi connectivity index (χ4n) is 1.37. The third-order valence-corrected chi connectivity index (χ3v) is 3.59. The van der Waals surface area contributed by atoms with E-state index in [-0.39, 0.29) is 5.97 Å². The zero-order valence-corrected chi connectivity index (χ0v) is 11.5. The molecule has 0 spiro atoms. The van der Waals surface area contributed by atoms with Crippen LogP contribution in [0.15, 0.2) is 34.1 Å². The summed E-state index contributed by atoms with van der Waals surface area (Å²) in [5.74, 6) is -0.386. The van der Waals surface area contributed by atoms with Gasteiger partial charge in [0.05, 0.1) is 12.1 Å². The van der Waals surface area contributed by atoms with Crippen LogP contribution in [0.1, 0.15) is 21.1 Å². The van der Waals surface area contributed by atoms with E-state index in [0.717, 1.165) is 15.9 Å².